The van der Waals surface area contributed by atoms with Crippen LogP contribution in [0.25, 0.3) is 64.2 Å². The molecule has 0 atom stereocenters. The van der Waals surface area contributed by atoms with Crippen LogP contribution in [0, 0.1) is 0 Å². The van der Waals surface area contributed by atoms with E-state index in [9.17, 15) is 4.57 Å². The highest BCUT2D eigenvalue weighted by atomic mass is 32.1. The first-order chi connectivity index (χ1) is 23.2. The number of pyridine rings is 1. The van der Waals surface area contributed by atoms with Gasteiger partial charge in [-0.2, -0.15) is 0 Å². The average molecular weight is 638 g/mol. The van der Waals surface area contributed by atoms with Gasteiger partial charge in [-0.25, -0.2) is 4.98 Å². The number of nitrogens with zero attached hydrogens (tertiary/aromatic N) is 1. The van der Waals surface area contributed by atoms with E-state index in [1.165, 1.54) is 30.9 Å². The summed E-state index contributed by atoms with van der Waals surface area (Å²) >= 11 is 1.82. The lowest BCUT2D eigenvalue weighted by atomic mass is 9.97. The van der Waals surface area contributed by atoms with Crippen LogP contribution >= 0.6 is 18.5 Å². The lowest BCUT2D eigenvalue weighted by Crippen LogP contribution is -2.24. The van der Waals surface area contributed by atoms with Crippen LogP contribution in [0.2, 0.25) is 0 Å². The first-order valence-corrected chi connectivity index (χ1v) is 18.3. The average Bonchev–Trinajstić information content (AvgIpc) is 3.55. The highest BCUT2D eigenvalue weighted by molar-refractivity contribution is 7.85. The first kappa shape index (κ1) is 27.9. The van der Waals surface area contributed by atoms with Crippen molar-refractivity contribution in [1.82, 2.24) is 4.98 Å². The zero-order valence-electron chi connectivity index (χ0n) is 25.4. The third kappa shape index (κ3) is 4.54. The Morgan fingerprint density at radius 2 is 1.09 bits per heavy atom. The molecule has 9 aromatic rings. The van der Waals surface area contributed by atoms with E-state index >= 15 is 0 Å². The Bertz CT molecular complexity index is 2600. The van der Waals surface area contributed by atoms with Gasteiger partial charge >= 0.3 is 0 Å². The van der Waals surface area contributed by atoms with Gasteiger partial charge in [-0.15, -0.1) is 11.3 Å². The van der Waals surface area contributed by atoms with E-state index in [0.29, 0.717) is 0 Å². The molecule has 0 aliphatic carbocycles. The van der Waals surface area contributed by atoms with Crippen molar-refractivity contribution in [3.63, 3.8) is 0 Å². The van der Waals surface area contributed by atoms with Gasteiger partial charge in [-0.3, -0.25) is 0 Å². The lowest BCUT2D eigenvalue weighted by Gasteiger charge is -2.20. The monoisotopic (exact) mass is 637 g/mol. The molecular formula is C43H28NOPS. The molecule has 0 unspecified atom stereocenters. The number of hydrogen-bond donors (Lipinski definition) is 0. The molecular weight excluding hydrogens is 610 g/mol. The molecule has 222 valence electrons. The molecule has 2 heterocycles. The van der Waals surface area contributed by atoms with Gasteiger partial charge in [-0.1, -0.05) is 158 Å². The normalized spacial score (nSPS) is 11.9. The van der Waals surface area contributed by atoms with Crippen LogP contribution in [0.15, 0.2) is 170 Å². The van der Waals surface area contributed by atoms with E-state index in [1.807, 2.05) is 84.1 Å². The van der Waals surface area contributed by atoms with Gasteiger partial charge in [0.15, 0.2) is 7.14 Å². The minimum atomic E-state index is -3.04. The summed E-state index contributed by atoms with van der Waals surface area (Å²) in [5, 5.41) is 8.57. The van der Waals surface area contributed by atoms with E-state index in [0.717, 1.165) is 49.2 Å². The van der Waals surface area contributed by atoms with Gasteiger partial charge in [0.25, 0.3) is 0 Å². The molecule has 0 radical (unpaired) electrons. The molecule has 0 N–H and O–H groups in total. The number of hydrogen-bond acceptors (Lipinski definition) is 3. The van der Waals surface area contributed by atoms with Gasteiger partial charge in [-0.05, 0) is 34.0 Å². The number of thiophene rings is 1. The minimum absolute atomic E-state index is 0.822. The predicted molar refractivity (Wildman–Crippen MR) is 202 cm³/mol. The molecule has 0 saturated carbocycles. The van der Waals surface area contributed by atoms with Crippen LogP contribution in [0.1, 0.15) is 0 Å². The largest absolute Gasteiger partial charge is 0.309 e. The van der Waals surface area contributed by atoms with E-state index < -0.39 is 7.14 Å². The van der Waals surface area contributed by atoms with E-state index in [2.05, 4.69) is 97.1 Å². The van der Waals surface area contributed by atoms with Crippen molar-refractivity contribution < 1.29 is 4.57 Å². The standard InChI is InChI=1S/C43H28NOPS/c45-46(32-14-3-1-4-15-32,33-16-5-2-6-17-33)34-25-22-29(23-26-34)31-24-27-37-39(28-31)44-42(36-20-11-13-30-12-7-8-18-35(30)36)43-41(37)38-19-9-10-21-40(38)47-43/h1-28H. The molecule has 7 aromatic carbocycles. The Kier molecular flexibility index (Phi) is 6.64. The molecule has 0 spiro atoms. The lowest BCUT2D eigenvalue weighted by molar-refractivity contribution is 0.592. The minimum Gasteiger partial charge on any atom is -0.309 e. The first-order valence-electron chi connectivity index (χ1n) is 15.7. The number of fused-ring (bicyclic) bond motifs is 6. The Morgan fingerprint density at radius 3 is 1.83 bits per heavy atom. The van der Waals surface area contributed by atoms with E-state index in [-0.39, 0.29) is 0 Å². The Hall–Kier alpha value is -5.34. The maximum atomic E-state index is 14.9. The van der Waals surface area contributed by atoms with Crippen LogP contribution in [0.4, 0.5) is 0 Å². The van der Waals surface area contributed by atoms with Crippen LogP contribution < -0.4 is 15.9 Å². The van der Waals surface area contributed by atoms with Crippen molar-refractivity contribution in [1.29, 1.82) is 0 Å². The Balaban J connectivity index is 1.22. The maximum Gasteiger partial charge on any atom is 0.171 e. The smallest absolute Gasteiger partial charge is 0.171 e. The van der Waals surface area contributed by atoms with Gasteiger partial charge in [0.05, 0.1) is 15.9 Å². The third-order valence-electron chi connectivity index (χ3n) is 9.16. The van der Waals surface area contributed by atoms with Gasteiger partial charge < -0.3 is 4.57 Å². The molecule has 2 aromatic heterocycles. The second-order valence-electron chi connectivity index (χ2n) is 11.8. The number of rotatable bonds is 5. The van der Waals surface area contributed by atoms with Crippen molar-refractivity contribution >= 4 is 76.2 Å². The fourth-order valence-corrected chi connectivity index (χ4v) is 10.7. The summed E-state index contributed by atoms with van der Waals surface area (Å²) in [4.78, 5) is 5.41. The number of aromatic nitrogens is 1. The molecule has 0 aliphatic heterocycles. The predicted octanol–water partition coefficient (Wildman–Crippen LogP) is 10.7. The van der Waals surface area contributed by atoms with Crippen molar-refractivity contribution in [2.24, 2.45) is 0 Å². The van der Waals surface area contributed by atoms with E-state index in [1.54, 1.807) is 0 Å². The van der Waals surface area contributed by atoms with Crippen LogP contribution in [0.5, 0.6) is 0 Å². The highest BCUT2D eigenvalue weighted by Gasteiger charge is 2.29. The molecule has 0 amide bonds. The third-order valence-corrected chi connectivity index (χ3v) is 13.4. The molecule has 0 bridgehead atoms. The quantitative estimate of drug-likeness (QED) is 0.176. The fraction of sp³-hybridized carbons (Fsp3) is 0. The summed E-state index contributed by atoms with van der Waals surface area (Å²) in [6.45, 7) is 0. The van der Waals surface area contributed by atoms with Crippen LogP contribution in [0.3, 0.4) is 0 Å². The SMILES string of the molecule is O=P(c1ccccc1)(c1ccccc1)c1ccc(-c2ccc3c(c2)nc(-c2cccc4ccccc24)c2sc4ccccc4c23)cc1. The maximum absolute atomic E-state index is 14.9. The highest BCUT2D eigenvalue weighted by Crippen LogP contribution is 2.45. The molecule has 2 nitrogen and oxygen atoms in total. The number of benzene rings is 7. The molecule has 0 saturated heterocycles. The van der Waals surface area contributed by atoms with E-state index in [4.69, 9.17) is 4.98 Å². The summed E-state index contributed by atoms with van der Waals surface area (Å²) in [6.07, 6.45) is 0. The molecule has 4 heteroatoms. The Morgan fingerprint density at radius 1 is 0.489 bits per heavy atom. The molecule has 9 rings (SSSR count). The topological polar surface area (TPSA) is 30.0 Å². The second-order valence-corrected chi connectivity index (χ2v) is 15.7. The molecule has 47 heavy (non-hydrogen) atoms. The molecule has 0 fully saturated rings. The van der Waals surface area contributed by atoms with Crippen LogP contribution in [-0.2, 0) is 4.57 Å². The van der Waals surface area contributed by atoms with Crippen molar-refractivity contribution in [2.75, 3.05) is 0 Å². The fourth-order valence-electron chi connectivity index (χ4n) is 6.87. The summed E-state index contributed by atoms with van der Waals surface area (Å²) < 4.78 is 17.4. The molecule has 0 aliphatic rings. The van der Waals surface area contributed by atoms with Gasteiger partial charge in [0.2, 0.25) is 0 Å². The zero-order valence-corrected chi connectivity index (χ0v) is 27.1. The second kappa shape index (κ2) is 11.2. The summed E-state index contributed by atoms with van der Waals surface area (Å²) in [5.41, 5.74) is 5.27. The van der Waals surface area contributed by atoms with Gasteiger partial charge in [0, 0.05) is 42.3 Å². The summed E-state index contributed by atoms with van der Waals surface area (Å²) in [5.74, 6) is 0. The summed E-state index contributed by atoms with van der Waals surface area (Å²) in [6, 6.07) is 58.2. The zero-order chi connectivity index (χ0) is 31.4. The van der Waals surface area contributed by atoms with Crippen molar-refractivity contribution in [2.45, 2.75) is 0 Å². The van der Waals surface area contributed by atoms with Crippen molar-refractivity contribution in [3.05, 3.63) is 170 Å². The Labute approximate surface area is 277 Å². The van der Waals surface area contributed by atoms with Gasteiger partial charge in [0.1, 0.15) is 0 Å². The van der Waals surface area contributed by atoms with Crippen LogP contribution in [-0.4, -0.2) is 4.98 Å². The summed E-state index contributed by atoms with van der Waals surface area (Å²) in [7, 11) is -3.04. The van der Waals surface area contributed by atoms with Crippen molar-refractivity contribution in [3.8, 4) is 22.4 Å².